The van der Waals surface area contributed by atoms with Gasteiger partial charge in [-0.05, 0) is 55.5 Å². The molecular weight excluding hydrogens is 488 g/mol. The molecule has 1 aromatic heterocycles. The molecule has 0 saturated carbocycles. The number of piperidine rings is 1. The second kappa shape index (κ2) is 11.1. The average molecular weight is 521 g/mol. The fourth-order valence-electron chi connectivity index (χ4n) is 5.25. The highest BCUT2D eigenvalue weighted by atomic mass is 16.7. The van der Waals surface area contributed by atoms with Crippen LogP contribution in [0.15, 0.2) is 52.1 Å². The van der Waals surface area contributed by atoms with Gasteiger partial charge in [0.25, 0.3) is 5.56 Å². The number of benzene rings is 2. The summed E-state index contributed by atoms with van der Waals surface area (Å²) in [4.78, 5) is 54.4. The monoisotopic (exact) mass is 520 g/mol. The highest BCUT2D eigenvalue weighted by Gasteiger charge is 2.26. The second-order valence-corrected chi connectivity index (χ2v) is 9.70. The number of ether oxygens (including phenoxy) is 2. The van der Waals surface area contributed by atoms with Gasteiger partial charge in [-0.25, -0.2) is 4.79 Å². The number of nitrogens with one attached hydrogen (secondary N) is 1. The summed E-state index contributed by atoms with van der Waals surface area (Å²) in [6.45, 7) is 2.95. The molecule has 38 heavy (non-hydrogen) atoms. The molecule has 10 heteroatoms. The van der Waals surface area contributed by atoms with Crippen LogP contribution < -0.4 is 26.0 Å². The summed E-state index contributed by atoms with van der Waals surface area (Å²) in [5.74, 6) is 0.861. The molecule has 200 valence electrons. The van der Waals surface area contributed by atoms with Crippen LogP contribution in [0.25, 0.3) is 10.9 Å². The number of aromatic nitrogens is 2. The maximum atomic E-state index is 13.5. The lowest BCUT2D eigenvalue weighted by Gasteiger charge is -2.35. The number of carbonyl (C=O) groups is 2. The van der Waals surface area contributed by atoms with E-state index in [2.05, 4.69) is 12.2 Å². The van der Waals surface area contributed by atoms with Crippen molar-refractivity contribution in [2.45, 2.75) is 64.7 Å². The first-order chi connectivity index (χ1) is 18.5. The summed E-state index contributed by atoms with van der Waals surface area (Å²) in [6.07, 6.45) is 3.79. The van der Waals surface area contributed by atoms with Crippen molar-refractivity contribution in [1.29, 1.82) is 0 Å². The molecule has 1 saturated heterocycles. The molecule has 3 aromatic rings. The number of hydrogen-bond acceptors (Lipinski definition) is 6. The third-order valence-corrected chi connectivity index (χ3v) is 7.33. The lowest BCUT2D eigenvalue weighted by Crippen LogP contribution is -2.48. The Morgan fingerprint density at radius 1 is 1.03 bits per heavy atom. The van der Waals surface area contributed by atoms with Crippen LogP contribution in [0.5, 0.6) is 11.5 Å². The Morgan fingerprint density at radius 3 is 2.68 bits per heavy atom. The van der Waals surface area contributed by atoms with Crippen molar-refractivity contribution in [2.24, 2.45) is 0 Å². The highest BCUT2D eigenvalue weighted by Crippen LogP contribution is 2.32. The Hall–Kier alpha value is -4.08. The molecule has 0 bridgehead atoms. The third-order valence-electron chi connectivity index (χ3n) is 7.33. The van der Waals surface area contributed by atoms with Gasteiger partial charge in [-0.2, -0.15) is 0 Å². The lowest BCUT2D eigenvalue weighted by molar-refractivity contribution is -0.135. The molecule has 1 fully saturated rings. The first-order valence-corrected chi connectivity index (χ1v) is 13.1. The molecule has 1 atom stereocenters. The van der Waals surface area contributed by atoms with Crippen molar-refractivity contribution >= 4 is 22.7 Å². The van der Waals surface area contributed by atoms with Gasteiger partial charge in [0, 0.05) is 32.1 Å². The number of para-hydroxylation sites is 1. The Balaban J connectivity index is 1.33. The van der Waals surface area contributed by atoms with Crippen LogP contribution in [0.3, 0.4) is 0 Å². The number of carbonyl (C=O) groups excluding carboxylic acids is 2. The van der Waals surface area contributed by atoms with Crippen LogP contribution in [-0.4, -0.2) is 45.2 Å². The zero-order valence-electron chi connectivity index (χ0n) is 21.5. The average Bonchev–Trinajstić information content (AvgIpc) is 3.42. The van der Waals surface area contributed by atoms with Crippen molar-refractivity contribution in [1.82, 2.24) is 19.4 Å². The SMILES string of the molecule is CCC1CCCCN1C(=O)Cn1c(=O)n(CCC(=O)NCc2ccc3c(c2)OCO3)c(=O)c2ccccc21. The molecule has 10 nitrogen and oxygen atoms in total. The van der Waals surface area contributed by atoms with Crippen molar-refractivity contribution in [3.05, 3.63) is 68.9 Å². The minimum absolute atomic E-state index is 0.0595. The molecule has 3 heterocycles. The van der Waals surface area contributed by atoms with Crippen molar-refractivity contribution in [3.63, 3.8) is 0 Å². The van der Waals surface area contributed by atoms with Crippen LogP contribution in [0.1, 0.15) is 44.6 Å². The minimum Gasteiger partial charge on any atom is -0.454 e. The van der Waals surface area contributed by atoms with E-state index in [9.17, 15) is 19.2 Å². The molecule has 2 aromatic carbocycles. The highest BCUT2D eigenvalue weighted by molar-refractivity contribution is 5.82. The maximum absolute atomic E-state index is 13.5. The molecule has 2 amide bonds. The van der Waals surface area contributed by atoms with Crippen molar-refractivity contribution in [3.8, 4) is 11.5 Å². The summed E-state index contributed by atoms with van der Waals surface area (Å²) in [5, 5.41) is 3.16. The first kappa shape index (κ1) is 25.6. The van der Waals surface area contributed by atoms with E-state index in [4.69, 9.17) is 9.47 Å². The summed E-state index contributed by atoms with van der Waals surface area (Å²) >= 11 is 0. The van der Waals surface area contributed by atoms with Gasteiger partial charge in [-0.15, -0.1) is 0 Å². The van der Waals surface area contributed by atoms with Gasteiger partial charge in [0.2, 0.25) is 18.6 Å². The van der Waals surface area contributed by atoms with E-state index in [1.807, 2.05) is 11.0 Å². The van der Waals surface area contributed by atoms with Gasteiger partial charge in [-0.1, -0.05) is 25.1 Å². The van der Waals surface area contributed by atoms with E-state index in [1.54, 1.807) is 36.4 Å². The van der Waals surface area contributed by atoms with Crippen LogP contribution in [-0.2, 0) is 29.2 Å². The summed E-state index contributed by atoms with van der Waals surface area (Å²) in [7, 11) is 0. The fraction of sp³-hybridized carbons (Fsp3) is 0.429. The van der Waals surface area contributed by atoms with Gasteiger partial charge in [-0.3, -0.25) is 23.5 Å². The summed E-state index contributed by atoms with van der Waals surface area (Å²) in [5.41, 5.74) is 0.205. The van der Waals surface area contributed by atoms with Crippen molar-refractivity contribution in [2.75, 3.05) is 13.3 Å². The number of hydrogen-bond donors (Lipinski definition) is 1. The number of likely N-dealkylation sites (tertiary alicyclic amines) is 1. The van der Waals surface area contributed by atoms with E-state index in [0.717, 1.165) is 35.8 Å². The fourth-order valence-corrected chi connectivity index (χ4v) is 5.25. The molecule has 2 aliphatic rings. The van der Waals surface area contributed by atoms with E-state index >= 15 is 0 Å². The second-order valence-electron chi connectivity index (χ2n) is 9.70. The van der Waals surface area contributed by atoms with Gasteiger partial charge in [0.15, 0.2) is 11.5 Å². The summed E-state index contributed by atoms with van der Waals surface area (Å²) < 4.78 is 13.1. The Kier molecular flexibility index (Phi) is 7.48. The zero-order valence-corrected chi connectivity index (χ0v) is 21.5. The molecule has 1 N–H and O–H groups in total. The van der Waals surface area contributed by atoms with Crippen LogP contribution in [0.4, 0.5) is 0 Å². The maximum Gasteiger partial charge on any atom is 0.331 e. The quantitative estimate of drug-likeness (QED) is 0.488. The number of nitrogens with zero attached hydrogens (tertiary/aromatic N) is 3. The Labute approximate surface area is 219 Å². The minimum atomic E-state index is -0.587. The van der Waals surface area contributed by atoms with Gasteiger partial charge >= 0.3 is 5.69 Å². The molecule has 0 spiro atoms. The van der Waals surface area contributed by atoms with Gasteiger partial charge in [0.05, 0.1) is 10.9 Å². The van der Waals surface area contributed by atoms with Gasteiger partial charge in [0.1, 0.15) is 6.54 Å². The summed E-state index contributed by atoms with van der Waals surface area (Å²) in [6, 6.07) is 12.4. The zero-order chi connectivity index (χ0) is 26.6. The van der Waals surface area contributed by atoms with Crippen molar-refractivity contribution < 1.29 is 19.1 Å². The molecular formula is C28H32N4O6. The van der Waals surface area contributed by atoms with E-state index < -0.39 is 11.2 Å². The van der Waals surface area contributed by atoms with E-state index in [0.29, 0.717) is 28.9 Å². The predicted molar refractivity (Wildman–Crippen MR) is 141 cm³/mol. The first-order valence-electron chi connectivity index (χ1n) is 13.1. The normalized spacial score (nSPS) is 16.6. The molecule has 2 aliphatic heterocycles. The van der Waals surface area contributed by atoms with Crippen LogP contribution in [0.2, 0.25) is 0 Å². The van der Waals surface area contributed by atoms with E-state index in [1.165, 1.54) is 4.57 Å². The number of fused-ring (bicyclic) bond motifs is 2. The Morgan fingerprint density at radius 2 is 1.84 bits per heavy atom. The van der Waals surface area contributed by atoms with Gasteiger partial charge < -0.3 is 19.7 Å². The largest absolute Gasteiger partial charge is 0.454 e. The Bertz CT molecular complexity index is 1480. The molecule has 0 aliphatic carbocycles. The molecule has 0 radical (unpaired) electrons. The van der Waals surface area contributed by atoms with Crippen LogP contribution in [0, 0.1) is 0 Å². The lowest BCUT2D eigenvalue weighted by atomic mass is 10.00. The third kappa shape index (κ3) is 5.16. The molecule has 5 rings (SSSR count). The van der Waals surface area contributed by atoms with E-state index in [-0.39, 0.29) is 50.7 Å². The molecule has 1 unspecified atom stereocenters. The number of amides is 2. The standard InChI is InChI=1S/C28H32N4O6/c1-2-20-7-5-6-13-30(20)26(34)17-32-22-9-4-3-8-21(22)27(35)31(28(32)36)14-12-25(33)29-16-19-10-11-23-24(15-19)38-18-37-23/h3-4,8-11,15,20H,2,5-7,12-14,16-18H2,1H3,(H,29,33). The smallest absolute Gasteiger partial charge is 0.331 e. The topological polar surface area (TPSA) is 112 Å². The number of rotatable bonds is 8. The van der Waals surface area contributed by atoms with Crippen LogP contribution >= 0.6 is 0 Å². The predicted octanol–water partition coefficient (Wildman–Crippen LogP) is 2.39.